The van der Waals surface area contributed by atoms with E-state index in [9.17, 15) is 0 Å². The van der Waals surface area contributed by atoms with Crippen molar-refractivity contribution in [3.63, 3.8) is 0 Å². The second-order valence-electron chi connectivity index (χ2n) is 6.18. The summed E-state index contributed by atoms with van der Waals surface area (Å²) in [5, 5.41) is 13.7. The number of rotatable bonds is 6. The number of pyridine rings is 1. The van der Waals surface area contributed by atoms with Crippen LogP contribution in [0.25, 0.3) is 10.7 Å². The molecule has 1 aromatic carbocycles. The number of likely N-dealkylation sites (tertiary alicyclic amines) is 1. The SMILES string of the molecule is c1ccc(C(CNc2nnc(-c3ccccn3)s2)N2CCCC2)cc1. The number of benzene rings is 1. The molecule has 1 fully saturated rings. The molecule has 1 aliphatic heterocycles. The molecule has 4 rings (SSSR count). The molecule has 1 N–H and O–H groups in total. The molecular formula is C19H21N5S. The Balaban J connectivity index is 1.47. The van der Waals surface area contributed by atoms with Crippen LogP contribution in [0.2, 0.25) is 0 Å². The fourth-order valence-corrected chi connectivity index (χ4v) is 3.98. The topological polar surface area (TPSA) is 53.9 Å². The van der Waals surface area contributed by atoms with Crippen molar-refractivity contribution in [2.45, 2.75) is 18.9 Å². The molecule has 2 aromatic heterocycles. The summed E-state index contributed by atoms with van der Waals surface area (Å²) in [7, 11) is 0. The maximum absolute atomic E-state index is 4.34. The smallest absolute Gasteiger partial charge is 0.206 e. The lowest BCUT2D eigenvalue weighted by Crippen LogP contribution is -2.31. The molecular weight excluding hydrogens is 330 g/mol. The zero-order chi connectivity index (χ0) is 16.9. The zero-order valence-electron chi connectivity index (χ0n) is 14.0. The van der Waals surface area contributed by atoms with Crippen molar-refractivity contribution in [2.24, 2.45) is 0 Å². The fourth-order valence-electron chi connectivity index (χ4n) is 3.26. The van der Waals surface area contributed by atoms with Crippen molar-refractivity contribution < 1.29 is 0 Å². The molecule has 25 heavy (non-hydrogen) atoms. The van der Waals surface area contributed by atoms with Crippen LogP contribution in [0.4, 0.5) is 5.13 Å². The first kappa shape index (κ1) is 16.2. The largest absolute Gasteiger partial charge is 0.358 e. The Labute approximate surface area is 151 Å². The molecule has 1 unspecified atom stereocenters. The van der Waals surface area contributed by atoms with Gasteiger partial charge in [-0.05, 0) is 43.6 Å². The standard InChI is InChI=1S/C19H21N5S/c1-2-8-15(9-3-1)17(24-12-6-7-13-24)14-21-19-23-22-18(25-19)16-10-4-5-11-20-16/h1-5,8-11,17H,6-7,12-14H2,(H,21,23). The van der Waals surface area contributed by atoms with E-state index in [-0.39, 0.29) is 0 Å². The van der Waals surface area contributed by atoms with Crippen LogP contribution in [-0.4, -0.2) is 39.7 Å². The van der Waals surface area contributed by atoms with Crippen LogP contribution in [0.15, 0.2) is 54.7 Å². The third kappa shape index (κ3) is 3.86. The van der Waals surface area contributed by atoms with Crippen LogP contribution >= 0.6 is 11.3 Å². The Kier molecular flexibility index (Phi) is 4.99. The van der Waals surface area contributed by atoms with Crippen molar-refractivity contribution in [3.05, 3.63) is 60.3 Å². The summed E-state index contributed by atoms with van der Waals surface area (Å²) in [6, 6.07) is 16.9. The van der Waals surface area contributed by atoms with Gasteiger partial charge in [0.1, 0.15) is 5.69 Å². The van der Waals surface area contributed by atoms with E-state index in [1.807, 2.05) is 18.2 Å². The highest BCUT2D eigenvalue weighted by Gasteiger charge is 2.23. The van der Waals surface area contributed by atoms with E-state index in [1.165, 1.54) is 18.4 Å². The average Bonchev–Trinajstić information content (AvgIpc) is 3.36. The number of hydrogen-bond acceptors (Lipinski definition) is 6. The molecule has 0 aliphatic carbocycles. The number of nitrogens with zero attached hydrogens (tertiary/aromatic N) is 4. The minimum atomic E-state index is 0.367. The van der Waals surface area contributed by atoms with E-state index in [1.54, 1.807) is 17.5 Å². The van der Waals surface area contributed by atoms with Gasteiger partial charge in [0.05, 0.1) is 6.04 Å². The second kappa shape index (κ2) is 7.72. The number of nitrogens with one attached hydrogen (secondary N) is 1. The maximum atomic E-state index is 4.34. The maximum Gasteiger partial charge on any atom is 0.206 e. The second-order valence-corrected chi connectivity index (χ2v) is 7.16. The van der Waals surface area contributed by atoms with Crippen molar-refractivity contribution in [1.29, 1.82) is 0 Å². The van der Waals surface area contributed by atoms with Gasteiger partial charge < -0.3 is 5.32 Å². The van der Waals surface area contributed by atoms with Crippen LogP contribution in [-0.2, 0) is 0 Å². The Morgan fingerprint density at radius 2 is 1.80 bits per heavy atom. The van der Waals surface area contributed by atoms with Gasteiger partial charge in [0.15, 0.2) is 5.01 Å². The van der Waals surface area contributed by atoms with Crippen LogP contribution in [0, 0.1) is 0 Å². The molecule has 3 aromatic rings. The molecule has 3 heterocycles. The summed E-state index contributed by atoms with van der Waals surface area (Å²) >= 11 is 1.55. The van der Waals surface area contributed by atoms with Gasteiger partial charge in [-0.1, -0.05) is 47.7 Å². The van der Waals surface area contributed by atoms with Gasteiger partial charge in [0.25, 0.3) is 0 Å². The van der Waals surface area contributed by atoms with Crippen LogP contribution < -0.4 is 5.32 Å². The van der Waals surface area contributed by atoms with Crippen molar-refractivity contribution in [2.75, 3.05) is 25.0 Å². The normalized spacial score (nSPS) is 16.0. The van der Waals surface area contributed by atoms with Crippen molar-refractivity contribution in [3.8, 4) is 10.7 Å². The highest BCUT2D eigenvalue weighted by atomic mass is 32.1. The van der Waals surface area contributed by atoms with E-state index in [0.29, 0.717) is 6.04 Å². The lowest BCUT2D eigenvalue weighted by atomic mass is 10.1. The van der Waals surface area contributed by atoms with E-state index in [2.05, 4.69) is 55.7 Å². The lowest BCUT2D eigenvalue weighted by molar-refractivity contribution is 0.256. The first-order valence-corrected chi connectivity index (χ1v) is 9.49. The minimum Gasteiger partial charge on any atom is -0.358 e. The van der Waals surface area contributed by atoms with E-state index >= 15 is 0 Å². The quantitative estimate of drug-likeness (QED) is 0.731. The Bertz CT molecular complexity index is 784. The third-order valence-electron chi connectivity index (χ3n) is 4.52. The molecule has 1 atom stereocenters. The van der Waals surface area contributed by atoms with Gasteiger partial charge in [0, 0.05) is 12.7 Å². The molecule has 0 saturated carbocycles. The lowest BCUT2D eigenvalue weighted by Gasteiger charge is -2.28. The van der Waals surface area contributed by atoms with Crippen molar-refractivity contribution in [1.82, 2.24) is 20.1 Å². The Hall–Kier alpha value is -2.31. The van der Waals surface area contributed by atoms with Gasteiger partial charge in [-0.25, -0.2) is 0 Å². The first-order valence-electron chi connectivity index (χ1n) is 8.68. The molecule has 0 spiro atoms. The van der Waals surface area contributed by atoms with Crippen LogP contribution in [0.5, 0.6) is 0 Å². The first-order chi connectivity index (χ1) is 12.4. The summed E-state index contributed by atoms with van der Waals surface area (Å²) in [5.74, 6) is 0. The molecule has 0 bridgehead atoms. The van der Waals surface area contributed by atoms with Gasteiger partial charge in [-0.15, -0.1) is 10.2 Å². The predicted octanol–water partition coefficient (Wildman–Crippen LogP) is 3.85. The fraction of sp³-hybridized carbons (Fsp3) is 0.316. The molecule has 0 radical (unpaired) electrons. The summed E-state index contributed by atoms with van der Waals surface area (Å²) in [6.45, 7) is 3.16. The summed E-state index contributed by atoms with van der Waals surface area (Å²) in [5.41, 5.74) is 2.22. The van der Waals surface area contributed by atoms with Crippen LogP contribution in [0.1, 0.15) is 24.4 Å². The number of aromatic nitrogens is 3. The van der Waals surface area contributed by atoms with Gasteiger partial charge in [-0.2, -0.15) is 0 Å². The molecule has 5 nitrogen and oxygen atoms in total. The highest BCUT2D eigenvalue weighted by molar-refractivity contribution is 7.18. The molecule has 6 heteroatoms. The summed E-state index contributed by atoms with van der Waals surface area (Å²) in [6.07, 6.45) is 4.35. The predicted molar refractivity (Wildman–Crippen MR) is 102 cm³/mol. The van der Waals surface area contributed by atoms with Crippen molar-refractivity contribution >= 4 is 16.5 Å². The van der Waals surface area contributed by atoms with E-state index in [0.717, 1.165) is 35.5 Å². The minimum absolute atomic E-state index is 0.367. The highest BCUT2D eigenvalue weighted by Crippen LogP contribution is 2.28. The zero-order valence-corrected chi connectivity index (χ0v) is 14.8. The summed E-state index contributed by atoms with van der Waals surface area (Å²) in [4.78, 5) is 6.90. The summed E-state index contributed by atoms with van der Waals surface area (Å²) < 4.78 is 0. The molecule has 128 valence electrons. The number of hydrogen-bond donors (Lipinski definition) is 1. The Morgan fingerprint density at radius 3 is 2.56 bits per heavy atom. The third-order valence-corrected chi connectivity index (χ3v) is 5.42. The average molecular weight is 351 g/mol. The number of anilines is 1. The van der Waals surface area contributed by atoms with Gasteiger partial charge >= 0.3 is 0 Å². The monoisotopic (exact) mass is 351 g/mol. The molecule has 1 aliphatic rings. The van der Waals surface area contributed by atoms with E-state index < -0.39 is 0 Å². The Morgan fingerprint density at radius 1 is 1.00 bits per heavy atom. The molecule has 1 saturated heterocycles. The van der Waals surface area contributed by atoms with Gasteiger partial charge in [0.2, 0.25) is 5.13 Å². The van der Waals surface area contributed by atoms with Crippen LogP contribution in [0.3, 0.4) is 0 Å². The van der Waals surface area contributed by atoms with Gasteiger partial charge in [-0.3, -0.25) is 9.88 Å². The molecule has 0 amide bonds. The van der Waals surface area contributed by atoms with E-state index in [4.69, 9.17) is 0 Å².